The smallest absolute Gasteiger partial charge is 0.255 e. The maximum Gasteiger partial charge on any atom is 0.255 e. The van der Waals surface area contributed by atoms with Gasteiger partial charge in [-0.2, -0.15) is 0 Å². The number of carbonyl (C=O) groups is 1. The molecule has 1 heterocycles. The molecule has 0 spiro atoms. The minimum atomic E-state index is -0.181. The third-order valence-corrected chi connectivity index (χ3v) is 4.77. The summed E-state index contributed by atoms with van der Waals surface area (Å²) in [6.45, 7) is 3.61. The van der Waals surface area contributed by atoms with E-state index in [1.165, 1.54) is 12.7 Å². The first-order chi connectivity index (χ1) is 13.2. The first kappa shape index (κ1) is 19.2. The van der Waals surface area contributed by atoms with E-state index in [2.05, 4.69) is 22.3 Å². The molecule has 27 heavy (non-hydrogen) atoms. The fourth-order valence-corrected chi connectivity index (χ4v) is 3.37. The van der Waals surface area contributed by atoms with E-state index in [0.29, 0.717) is 36.8 Å². The molecule has 1 N–H and O–H groups in total. The van der Waals surface area contributed by atoms with Crippen molar-refractivity contribution in [3.63, 3.8) is 0 Å². The molecule has 1 atom stereocenters. The van der Waals surface area contributed by atoms with Crippen LogP contribution in [0.1, 0.15) is 22.0 Å². The van der Waals surface area contributed by atoms with Gasteiger partial charge >= 0.3 is 0 Å². The highest BCUT2D eigenvalue weighted by atomic mass is 16.5. The van der Waals surface area contributed by atoms with Crippen molar-refractivity contribution in [3.8, 4) is 11.5 Å². The second kappa shape index (κ2) is 9.39. The molecule has 2 aromatic rings. The standard InChI is InChI=1S/C21H26N2O4/c1-25-19-10-6-9-17(20(19)26-2)21(24)22-15-18(16-7-4-3-5-8-16)23-11-13-27-14-12-23/h3-10,18H,11-15H2,1-2H3,(H,22,24). The zero-order valence-corrected chi connectivity index (χ0v) is 15.8. The predicted molar refractivity (Wildman–Crippen MR) is 103 cm³/mol. The lowest BCUT2D eigenvalue weighted by Crippen LogP contribution is -2.43. The number of carbonyl (C=O) groups excluding carboxylic acids is 1. The highest BCUT2D eigenvalue weighted by molar-refractivity contribution is 5.97. The Labute approximate surface area is 160 Å². The number of rotatable bonds is 7. The second-order valence-electron chi connectivity index (χ2n) is 6.33. The maximum atomic E-state index is 12.8. The van der Waals surface area contributed by atoms with E-state index in [0.717, 1.165) is 13.1 Å². The first-order valence-electron chi connectivity index (χ1n) is 9.10. The van der Waals surface area contributed by atoms with Crippen molar-refractivity contribution in [2.24, 2.45) is 0 Å². The number of hydrogen-bond donors (Lipinski definition) is 1. The van der Waals surface area contributed by atoms with Gasteiger partial charge in [-0.3, -0.25) is 9.69 Å². The number of methoxy groups -OCH3 is 2. The maximum absolute atomic E-state index is 12.8. The average molecular weight is 370 g/mol. The number of amides is 1. The van der Waals surface area contributed by atoms with Crippen molar-refractivity contribution >= 4 is 5.91 Å². The second-order valence-corrected chi connectivity index (χ2v) is 6.33. The summed E-state index contributed by atoms with van der Waals surface area (Å²) >= 11 is 0. The Balaban J connectivity index is 1.76. The quantitative estimate of drug-likeness (QED) is 0.812. The topological polar surface area (TPSA) is 60.0 Å². The van der Waals surface area contributed by atoms with Gasteiger partial charge in [-0.1, -0.05) is 36.4 Å². The van der Waals surface area contributed by atoms with Crippen LogP contribution in [0.3, 0.4) is 0 Å². The lowest BCUT2D eigenvalue weighted by molar-refractivity contribution is 0.0162. The summed E-state index contributed by atoms with van der Waals surface area (Å²) in [6.07, 6.45) is 0. The number of nitrogens with zero attached hydrogens (tertiary/aromatic N) is 1. The van der Waals surface area contributed by atoms with E-state index in [1.807, 2.05) is 18.2 Å². The van der Waals surface area contributed by atoms with Crippen LogP contribution >= 0.6 is 0 Å². The molecule has 2 aromatic carbocycles. The van der Waals surface area contributed by atoms with Crippen molar-refractivity contribution in [1.82, 2.24) is 10.2 Å². The van der Waals surface area contributed by atoms with Gasteiger partial charge in [0.25, 0.3) is 5.91 Å². The number of ether oxygens (including phenoxy) is 3. The highest BCUT2D eigenvalue weighted by Crippen LogP contribution is 2.30. The van der Waals surface area contributed by atoms with Crippen molar-refractivity contribution < 1.29 is 19.0 Å². The molecule has 6 heteroatoms. The van der Waals surface area contributed by atoms with Crippen LogP contribution in [0.2, 0.25) is 0 Å². The van der Waals surface area contributed by atoms with Crippen LogP contribution in [-0.2, 0) is 4.74 Å². The summed E-state index contributed by atoms with van der Waals surface area (Å²) < 4.78 is 16.2. The molecule has 0 saturated carbocycles. The van der Waals surface area contributed by atoms with Crippen LogP contribution in [0.5, 0.6) is 11.5 Å². The van der Waals surface area contributed by atoms with E-state index >= 15 is 0 Å². The van der Waals surface area contributed by atoms with Gasteiger partial charge in [-0.05, 0) is 17.7 Å². The Hall–Kier alpha value is -2.57. The third kappa shape index (κ3) is 4.59. The van der Waals surface area contributed by atoms with Crippen molar-refractivity contribution in [3.05, 3.63) is 59.7 Å². The number of morpholine rings is 1. The van der Waals surface area contributed by atoms with Crippen LogP contribution in [0.4, 0.5) is 0 Å². The number of benzene rings is 2. The molecule has 1 fully saturated rings. The fraction of sp³-hybridized carbons (Fsp3) is 0.381. The lowest BCUT2D eigenvalue weighted by atomic mass is 10.0. The largest absolute Gasteiger partial charge is 0.493 e. The Morgan fingerprint density at radius 1 is 1.07 bits per heavy atom. The van der Waals surface area contributed by atoms with Crippen LogP contribution in [0, 0.1) is 0 Å². The van der Waals surface area contributed by atoms with Gasteiger partial charge in [0, 0.05) is 19.6 Å². The van der Waals surface area contributed by atoms with Crippen molar-refractivity contribution in [2.45, 2.75) is 6.04 Å². The van der Waals surface area contributed by atoms with Gasteiger partial charge < -0.3 is 19.5 Å². The lowest BCUT2D eigenvalue weighted by Gasteiger charge is -2.35. The molecule has 6 nitrogen and oxygen atoms in total. The summed E-state index contributed by atoms with van der Waals surface area (Å²) in [7, 11) is 3.10. The van der Waals surface area contributed by atoms with E-state index in [4.69, 9.17) is 14.2 Å². The van der Waals surface area contributed by atoms with E-state index in [9.17, 15) is 4.79 Å². The summed E-state index contributed by atoms with van der Waals surface area (Å²) in [6, 6.07) is 15.6. The Morgan fingerprint density at radius 2 is 1.81 bits per heavy atom. The zero-order valence-electron chi connectivity index (χ0n) is 15.8. The van der Waals surface area contributed by atoms with E-state index in [1.54, 1.807) is 25.3 Å². The van der Waals surface area contributed by atoms with Crippen LogP contribution in [0.15, 0.2) is 48.5 Å². The van der Waals surface area contributed by atoms with Gasteiger partial charge in [0.1, 0.15) is 0 Å². The molecule has 1 amide bonds. The number of hydrogen-bond acceptors (Lipinski definition) is 5. The minimum Gasteiger partial charge on any atom is -0.493 e. The molecule has 144 valence electrons. The molecule has 1 aliphatic rings. The number of nitrogens with one attached hydrogen (secondary N) is 1. The summed E-state index contributed by atoms with van der Waals surface area (Å²) in [5.74, 6) is 0.804. The normalized spacial score (nSPS) is 15.8. The molecule has 1 aliphatic heterocycles. The average Bonchev–Trinajstić information content (AvgIpc) is 2.74. The van der Waals surface area contributed by atoms with Gasteiger partial charge in [0.2, 0.25) is 0 Å². The Morgan fingerprint density at radius 3 is 2.48 bits per heavy atom. The molecule has 3 rings (SSSR count). The van der Waals surface area contributed by atoms with Crippen molar-refractivity contribution in [1.29, 1.82) is 0 Å². The van der Waals surface area contributed by atoms with E-state index < -0.39 is 0 Å². The molecule has 0 radical (unpaired) electrons. The molecule has 1 saturated heterocycles. The molecule has 1 unspecified atom stereocenters. The molecular weight excluding hydrogens is 344 g/mol. The summed E-state index contributed by atoms with van der Waals surface area (Å²) in [5, 5.41) is 3.06. The Bertz CT molecular complexity index is 745. The van der Waals surface area contributed by atoms with Gasteiger partial charge in [-0.25, -0.2) is 0 Å². The van der Waals surface area contributed by atoms with Crippen LogP contribution in [0.25, 0.3) is 0 Å². The highest BCUT2D eigenvalue weighted by Gasteiger charge is 2.24. The van der Waals surface area contributed by atoms with Crippen LogP contribution in [-0.4, -0.2) is 57.9 Å². The SMILES string of the molecule is COc1cccc(C(=O)NCC(c2ccccc2)N2CCOCC2)c1OC. The van der Waals surface area contributed by atoms with Crippen LogP contribution < -0.4 is 14.8 Å². The van der Waals surface area contributed by atoms with Gasteiger partial charge in [-0.15, -0.1) is 0 Å². The Kier molecular flexibility index (Phi) is 6.68. The minimum absolute atomic E-state index is 0.0932. The summed E-state index contributed by atoms with van der Waals surface area (Å²) in [5.41, 5.74) is 1.64. The van der Waals surface area contributed by atoms with Gasteiger partial charge in [0.15, 0.2) is 11.5 Å². The van der Waals surface area contributed by atoms with Gasteiger partial charge in [0.05, 0.1) is 39.0 Å². The predicted octanol–water partition coefficient (Wildman–Crippen LogP) is 2.51. The first-order valence-corrected chi connectivity index (χ1v) is 9.10. The van der Waals surface area contributed by atoms with E-state index in [-0.39, 0.29) is 11.9 Å². The monoisotopic (exact) mass is 370 g/mol. The molecule has 0 aromatic heterocycles. The summed E-state index contributed by atoms with van der Waals surface area (Å²) in [4.78, 5) is 15.2. The molecular formula is C21H26N2O4. The third-order valence-electron chi connectivity index (χ3n) is 4.77. The molecule has 0 aliphatic carbocycles. The number of para-hydroxylation sites is 1. The van der Waals surface area contributed by atoms with Crippen molar-refractivity contribution in [2.75, 3.05) is 47.1 Å². The zero-order chi connectivity index (χ0) is 19.1. The fourth-order valence-electron chi connectivity index (χ4n) is 3.37. The molecule has 0 bridgehead atoms.